The van der Waals surface area contributed by atoms with Gasteiger partial charge in [0.15, 0.2) is 0 Å². The normalized spacial score (nSPS) is 24.7. The summed E-state index contributed by atoms with van der Waals surface area (Å²) in [5.41, 5.74) is 0. The van der Waals surface area contributed by atoms with Crippen LogP contribution in [0, 0.1) is 11.8 Å². The second-order valence-corrected chi connectivity index (χ2v) is 5.60. The Morgan fingerprint density at radius 3 is 2.93 bits per heavy atom. The third-order valence-electron chi connectivity index (χ3n) is 2.84. The highest BCUT2D eigenvalue weighted by Crippen LogP contribution is 2.33. The van der Waals surface area contributed by atoms with Crippen LogP contribution in [-0.2, 0) is 0 Å². The second kappa shape index (κ2) is 4.71. The van der Waals surface area contributed by atoms with Gasteiger partial charge < -0.3 is 5.32 Å². The van der Waals surface area contributed by atoms with Crippen LogP contribution in [0.5, 0.6) is 0 Å². The summed E-state index contributed by atoms with van der Waals surface area (Å²) >= 11 is 9.26. The van der Waals surface area contributed by atoms with Gasteiger partial charge in [0.2, 0.25) is 0 Å². The Morgan fingerprint density at radius 1 is 1.60 bits per heavy atom. The standard InChI is InChI=1S/C11H14BrClN2/c1-7-2-8(3-7)5-14-11-10(12)4-9(13)6-15-11/h4,6-8H,2-3,5H2,1H3,(H,14,15). The lowest BCUT2D eigenvalue weighted by Gasteiger charge is -2.32. The van der Waals surface area contributed by atoms with Gasteiger partial charge in [0.05, 0.1) is 9.50 Å². The van der Waals surface area contributed by atoms with E-state index in [1.807, 2.05) is 6.07 Å². The predicted octanol–water partition coefficient (Wildman–Crippen LogP) is 3.96. The molecule has 1 aliphatic carbocycles. The van der Waals surface area contributed by atoms with Crippen molar-refractivity contribution in [2.24, 2.45) is 11.8 Å². The van der Waals surface area contributed by atoms with E-state index in [-0.39, 0.29) is 0 Å². The summed E-state index contributed by atoms with van der Waals surface area (Å²) in [7, 11) is 0. The minimum Gasteiger partial charge on any atom is -0.369 e. The lowest BCUT2D eigenvalue weighted by Crippen LogP contribution is -2.27. The van der Waals surface area contributed by atoms with Gasteiger partial charge in [0, 0.05) is 12.7 Å². The molecule has 4 heteroatoms. The van der Waals surface area contributed by atoms with E-state index < -0.39 is 0 Å². The SMILES string of the molecule is CC1CC(CNc2ncc(Cl)cc2Br)C1. The predicted molar refractivity (Wildman–Crippen MR) is 67.3 cm³/mol. The molecule has 1 N–H and O–H groups in total. The van der Waals surface area contributed by atoms with Gasteiger partial charge in [-0.15, -0.1) is 0 Å². The first-order valence-electron chi connectivity index (χ1n) is 5.20. The van der Waals surface area contributed by atoms with E-state index in [2.05, 4.69) is 33.2 Å². The van der Waals surface area contributed by atoms with Crippen LogP contribution in [0.15, 0.2) is 16.7 Å². The summed E-state index contributed by atoms with van der Waals surface area (Å²) in [6.07, 6.45) is 4.33. The van der Waals surface area contributed by atoms with E-state index in [4.69, 9.17) is 11.6 Å². The van der Waals surface area contributed by atoms with Crippen molar-refractivity contribution in [3.63, 3.8) is 0 Å². The lowest BCUT2D eigenvalue weighted by atomic mass is 9.76. The maximum Gasteiger partial charge on any atom is 0.140 e. The minimum absolute atomic E-state index is 0.657. The summed E-state index contributed by atoms with van der Waals surface area (Å²) < 4.78 is 0.933. The molecule has 1 aromatic heterocycles. The number of anilines is 1. The molecule has 1 saturated carbocycles. The van der Waals surface area contributed by atoms with Crippen LogP contribution in [0.2, 0.25) is 5.02 Å². The van der Waals surface area contributed by atoms with Crippen molar-refractivity contribution in [2.45, 2.75) is 19.8 Å². The molecular weight excluding hydrogens is 275 g/mol. The molecule has 0 radical (unpaired) electrons. The van der Waals surface area contributed by atoms with Crippen molar-refractivity contribution in [3.8, 4) is 0 Å². The highest BCUT2D eigenvalue weighted by molar-refractivity contribution is 9.10. The topological polar surface area (TPSA) is 24.9 Å². The zero-order valence-corrected chi connectivity index (χ0v) is 11.0. The van der Waals surface area contributed by atoms with Gasteiger partial charge in [-0.05, 0) is 46.7 Å². The van der Waals surface area contributed by atoms with Crippen molar-refractivity contribution < 1.29 is 0 Å². The molecule has 2 nitrogen and oxygen atoms in total. The van der Waals surface area contributed by atoms with Gasteiger partial charge in [0.1, 0.15) is 5.82 Å². The molecule has 1 fully saturated rings. The third-order valence-corrected chi connectivity index (χ3v) is 3.65. The fraction of sp³-hybridized carbons (Fsp3) is 0.545. The summed E-state index contributed by atoms with van der Waals surface area (Å²) in [5, 5.41) is 4.00. The monoisotopic (exact) mass is 288 g/mol. The quantitative estimate of drug-likeness (QED) is 0.911. The number of pyridine rings is 1. The molecule has 1 aromatic rings. The van der Waals surface area contributed by atoms with E-state index in [1.165, 1.54) is 12.8 Å². The Morgan fingerprint density at radius 2 is 2.33 bits per heavy atom. The van der Waals surface area contributed by atoms with Crippen molar-refractivity contribution in [3.05, 3.63) is 21.8 Å². The van der Waals surface area contributed by atoms with Gasteiger partial charge in [-0.1, -0.05) is 18.5 Å². The van der Waals surface area contributed by atoms with Crippen molar-refractivity contribution in [1.29, 1.82) is 0 Å². The van der Waals surface area contributed by atoms with Crippen LogP contribution in [0.25, 0.3) is 0 Å². The number of aromatic nitrogens is 1. The van der Waals surface area contributed by atoms with E-state index in [9.17, 15) is 0 Å². The number of nitrogens with zero attached hydrogens (tertiary/aromatic N) is 1. The summed E-state index contributed by atoms with van der Waals surface area (Å²) in [6, 6.07) is 1.86. The molecule has 0 unspecified atom stereocenters. The summed E-state index contributed by atoms with van der Waals surface area (Å²) in [5.74, 6) is 2.60. The molecule has 1 heterocycles. The van der Waals surface area contributed by atoms with Crippen molar-refractivity contribution in [1.82, 2.24) is 4.98 Å². The van der Waals surface area contributed by atoms with Crippen LogP contribution >= 0.6 is 27.5 Å². The van der Waals surface area contributed by atoms with E-state index in [0.717, 1.165) is 28.7 Å². The van der Waals surface area contributed by atoms with Crippen LogP contribution in [0.3, 0.4) is 0 Å². The Bertz CT molecular complexity index is 350. The average molecular weight is 290 g/mol. The van der Waals surface area contributed by atoms with Crippen molar-refractivity contribution in [2.75, 3.05) is 11.9 Å². The maximum absolute atomic E-state index is 5.82. The highest BCUT2D eigenvalue weighted by atomic mass is 79.9. The summed E-state index contributed by atoms with van der Waals surface area (Å²) in [6.45, 7) is 3.31. The number of halogens is 2. The Hall–Kier alpha value is -0.280. The molecule has 0 aromatic carbocycles. The van der Waals surface area contributed by atoms with E-state index >= 15 is 0 Å². The molecule has 0 saturated heterocycles. The molecule has 15 heavy (non-hydrogen) atoms. The smallest absolute Gasteiger partial charge is 0.140 e. The molecule has 0 amide bonds. The van der Waals surface area contributed by atoms with Crippen LogP contribution in [0.1, 0.15) is 19.8 Å². The number of rotatable bonds is 3. The first kappa shape index (κ1) is 11.2. The molecule has 0 spiro atoms. The van der Waals surface area contributed by atoms with E-state index in [0.29, 0.717) is 5.02 Å². The average Bonchev–Trinajstić information content (AvgIpc) is 2.13. The minimum atomic E-state index is 0.657. The number of hydrogen-bond acceptors (Lipinski definition) is 2. The van der Waals surface area contributed by atoms with Crippen LogP contribution in [0.4, 0.5) is 5.82 Å². The van der Waals surface area contributed by atoms with Crippen LogP contribution in [-0.4, -0.2) is 11.5 Å². The van der Waals surface area contributed by atoms with Gasteiger partial charge in [-0.25, -0.2) is 4.98 Å². The third kappa shape index (κ3) is 2.85. The van der Waals surface area contributed by atoms with Gasteiger partial charge in [0.25, 0.3) is 0 Å². The molecule has 1 aliphatic rings. The fourth-order valence-electron chi connectivity index (χ4n) is 2.02. The van der Waals surface area contributed by atoms with Crippen molar-refractivity contribution >= 4 is 33.3 Å². The molecule has 0 bridgehead atoms. The Kier molecular flexibility index (Phi) is 3.52. The largest absolute Gasteiger partial charge is 0.369 e. The molecule has 0 aliphatic heterocycles. The Labute approximate surface area is 104 Å². The fourth-order valence-corrected chi connectivity index (χ4v) is 2.80. The zero-order chi connectivity index (χ0) is 10.8. The number of hydrogen-bond donors (Lipinski definition) is 1. The van der Waals surface area contributed by atoms with Gasteiger partial charge >= 0.3 is 0 Å². The molecule has 0 atom stereocenters. The molecule has 2 rings (SSSR count). The molecular formula is C11H14BrClN2. The van der Waals surface area contributed by atoms with Gasteiger partial charge in [-0.3, -0.25) is 0 Å². The lowest BCUT2D eigenvalue weighted by molar-refractivity contribution is 0.225. The van der Waals surface area contributed by atoms with E-state index in [1.54, 1.807) is 6.20 Å². The maximum atomic E-state index is 5.82. The first-order chi connectivity index (χ1) is 7.15. The second-order valence-electron chi connectivity index (χ2n) is 4.31. The summed E-state index contributed by atoms with van der Waals surface area (Å²) in [4.78, 5) is 4.24. The Balaban J connectivity index is 1.88. The highest BCUT2D eigenvalue weighted by Gasteiger charge is 2.24. The number of nitrogens with one attached hydrogen (secondary N) is 1. The van der Waals surface area contributed by atoms with Gasteiger partial charge in [-0.2, -0.15) is 0 Å². The zero-order valence-electron chi connectivity index (χ0n) is 8.63. The van der Waals surface area contributed by atoms with Crippen LogP contribution < -0.4 is 5.32 Å². The molecule has 82 valence electrons. The first-order valence-corrected chi connectivity index (χ1v) is 6.37.